The Morgan fingerprint density at radius 2 is 1.37 bits per heavy atom. The monoisotopic (exact) mass is 256 g/mol. The molecular weight excluding hydrogens is 240 g/mol. The van der Waals surface area contributed by atoms with Crippen molar-refractivity contribution in [3.8, 4) is 0 Å². The second-order valence-electron chi connectivity index (χ2n) is 4.00. The summed E-state index contributed by atoms with van der Waals surface area (Å²) < 4.78 is 0. The van der Waals surface area contributed by atoms with Crippen LogP contribution in [-0.4, -0.2) is 6.03 Å². The van der Waals surface area contributed by atoms with Crippen molar-refractivity contribution in [3.05, 3.63) is 71.8 Å². The predicted octanol–water partition coefficient (Wildman–Crippen LogP) is 1.45. The van der Waals surface area contributed by atoms with Crippen LogP contribution in [0.1, 0.15) is 17.2 Å². The summed E-state index contributed by atoms with van der Waals surface area (Å²) in [5.41, 5.74) is 9.57. The third-order valence-corrected chi connectivity index (χ3v) is 2.73. The van der Waals surface area contributed by atoms with Crippen LogP contribution < -0.4 is 22.1 Å². The lowest BCUT2D eigenvalue weighted by Crippen LogP contribution is -2.48. The van der Waals surface area contributed by atoms with E-state index in [0.29, 0.717) is 0 Å². The highest BCUT2D eigenvalue weighted by Gasteiger charge is 2.13. The molecule has 0 unspecified atom stereocenters. The fourth-order valence-electron chi connectivity index (χ4n) is 1.82. The fourth-order valence-corrected chi connectivity index (χ4v) is 1.82. The lowest BCUT2D eigenvalue weighted by atomic mass is 9.99. The third kappa shape index (κ3) is 3.54. The summed E-state index contributed by atoms with van der Waals surface area (Å²) in [6.45, 7) is 0. The zero-order valence-electron chi connectivity index (χ0n) is 10.3. The lowest BCUT2D eigenvalue weighted by Gasteiger charge is -2.20. The van der Waals surface area contributed by atoms with Crippen LogP contribution >= 0.6 is 0 Å². The number of hydrazine groups is 2. The van der Waals surface area contributed by atoms with Gasteiger partial charge in [0.25, 0.3) is 0 Å². The van der Waals surface area contributed by atoms with Crippen LogP contribution in [0.2, 0.25) is 0 Å². The molecule has 0 aliphatic heterocycles. The van der Waals surface area contributed by atoms with E-state index in [9.17, 15) is 4.79 Å². The molecule has 0 bridgehead atoms. The van der Waals surface area contributed by atoms with Crippen LogP contribution in [0.25, 0.3) is 0 Å². The Labute approximate surface area is 111 Å². The molecule has 98 valence electrons. The number of nitrogens with two attached hydrogens (primary N) is 1. The molecule has 0 fully saturated rings. The van der Waals surface area contributed by atoms with Crippen LogP contribution in [-0.2, 0) is 0 Å². The Bertz CT molecular complexity index is 476. The summed E-state index contributed by atoms with van der Waals surface area (Å²) in [7, 11) is 0. The number of urea groups is 1. The van der Waals surface area contributed by atoms with Gasteiger partial charge in [-0.25, -0.2) is 16.1 Å². The average molecular weight is 256 g/mol. The first-order chi connectivity index (χ1) is 9.31. The molecule has 19 heavy (non-hydrogen) atoms. The van der Waals surface area contributed by atoms with Crippen molar-refractivity contribution in [3.63, 3.8) is 0 Å². The van der Waals surface area contributed by atoms with Gasteiger partial charge in [-0.15, -0.1) is 0 Å². The molecule has 0 aliphatic carbocycles. The van der Waals surface area contributed by atoms with Crippen molar-refractivity contribution in [2.24, 2.45) is 5.84 Å². The van der Waals surface area contributed by atoms with E-state index in [4.69, 9.17) is 5.84 Å². The van der Waals surface area contributed by atoms with Crippen LogP contribution in [0, 0.1) is 0 Å². The molecule has 5 N–H and O–H groups in total. The van der Waals surface area contributed by atoms with Gasteiger partial charge in [-0.3, -0.25) is 10.9 Å². The van der Waals surface area contributed by atoms with E-state index in [1.165, 1.54) is 0 Å². The molecule has 0 saturated carbocycles. The van der Waals surface area contributed by atoms with Gasteiger partial charge in [0.1, 0.15) is 0 Å². The Morgan fingerprint density at radius 3 is 1.79 bits per heavy atom. The molecule has 2 aromatic carbocycles. The van der Waals surface area contributed by atoms with Gasteiger partial charge in [0.15, 0.2) is 0 Å². The van der Waals surface area contributed by atoms with Crippen LogP contribution in [0.15, 0.2) is 60.7 Å². The van der Waals surface area contributed by atoms with Gasteiger partial charge in [-0.2, -0.15) is 0 Å². The summed E-state index contributed by atoms with van der Waals surface area (Å²) in [5, 5.41) is 0. The van der Waals surface area contributed by atoms with Crippen molar-refractivity contribution >= 4 is 6.03 Å². The molecule has 5 nitrogen and oxygen atoms in total. The number of nitrogens with one attached hydrogen (secondary N) is 3. The first-order valence-corrected chi connectivity index (χ1v) is 5.93. The predicted molar refractivity (Wildman–Crippen MR) is 73.7 cm³/mol. The minimum absolute atomic E-state index is 0.139. The quantitative estimate of drug-likeness (QED) is 0.380. The first kappa shape index (κ1) is 13.1. The first-order valence-electron chi connectivity index (χ1n) is 5.93. The summed E-state index contributed by atoms with van der Waals surface area (Å²) in [6.07, 6.45) is 0. The molecule has 0 aliphatic rings. The lowest BCUT2D eigenvalue weighted by molar-refractivity contribution is 0.235. The number of amides is 2. The molecule has 0 aromatic heterocycles. The molecule has 2 aromatic rings. The Morgan fingerprint density at radius 1 is 0.895 bits per heavy atom. The average Bonchev–Trinajstić information content (AvgIpc) is 2.49. The highest BCUT2D eigenvalue weighted by molar-refractivity contribution is 5.72. The van der Waals surface area contributed by atoms with Crippen LogP contribution in [0.3, 0.4) is 0 Å². The van der Waals surface area contributed by atoms with Gasteiger partial charge in [0.2, 0.25) is 0 Å². The van der Waals surface area contributed by atoms with E-state index in [-0.39, 0.29) is 6.04 Å². The summed E-state index contributed by atoms with van der Waals surface area (Å²) >= 11 is 0. The van der Waals surface area contributed by atoms with Gasteiger partial charge in [0.05, 0.1) is 6.04 Å². The van der Waals surface area contributed by atoms with Crippen LogP contribution in [0.4, 0.5) is 4.79 Å². The maximum atomic E-state index is 11.2. The molecule has 0 spiro atoms. The normalized spacial score (nSPS) is 10.2. The van der Waals surface area contributed by atoms with E-state index in [1.807, 2.05) is 66.1 Å². The van der Waals surface area contributed by atoms with Gasteiger partial charge < -0.3 is 0 Å². The molecule has 5 heteroatoms. The summed E-state index contributed by atoms with van der Waals surface area (Å²) in [5.74, 6) is 5.03. The maximum absolute atomic E-state index is 11.2. The largest absolute Gasteiger partial charge is 0.343 e. The van der Waals surface area contributed by atoms with Crippen molar-refractivity contribution in [1.82, 2.24) is 16.3 Å². The third-order valence-electron chi connectivity index (χ3n) is 2.73. The maximum Gasteiger partial charge on any atom is 0.343 e. The highest BCUT2D eigenvalue weighted by Crippen LogP contribution is 2.20. The van der Waals surface area contributed by atoms with E-state index >= 15 is 0 Å². The second kappa shape index (κ2) is 6.53. The Kier molecular flexibility index (Phi) is 4.49. The van der Waals surface area contributed by atoms with Gasteiger partial charge in [-0.05, 0) is 11.1 Å². The second-order valence-corrected chi connectivity index (χ2v) is 4.00. The van der Waals surface area contributed by atoms with E-state index in [1.54, 1.807) is 0 Å². The SMILES string of the molecule is NNC(=O)NNC(c1ccccc1)c1ccccc1. The zero-order valence-corrected chi connectivity index (χ0v) is 10.3. The van der Waals surface area contributed by atoms with Gasteiger partial charge in [0, 0.05) is 0 Å². The highest BCUT2D eigenvalue weighted by atomic mass is 16.2. The molecular formula is C14H16N4O. The summed E-state index contributed by atoms with van der Waals surface area (Å²) in [4.78, 5) is 11.2. The van der Waals surface area contributed by atoms with E-state index in [0.717, 1.165) is 11.1 Å². The number of rotatable bonds is 4. The molecule has 0 radical (unpaired) electrons. The molecule has 0 heterocycles. The minimum Gasteiger partial charge on any atom is -0.275 e. The fraction of sp³-hybridized carbons (Fsp3) is 0.0714. The molecule has 0 atom stereocenters. The number of carbonyl (C=O) groups excluding carboxylic acids is 1. The minimum atomic E-state index is -0.489. The molecule has 2 amide bonds. The van der Waals surface area contributed by atoms with Gasteiger partial charge in [-0.1, -0.05) is 60.7 Å². The number of benzene rings is 2. The van der Waals surface area contributed by atoms with Crippen molar-refractivity contribution in [2.75, 3.05) is 0 Å². The molecule has 0 saturated heterocycles. The van der Waals surface area contributed by atoms with E-state index < -0.39 is 6.03 Å². The number of hydrogen-bond acceptors (Lipinski definition) is 3. The Hall–Kier alpha value is -2.37. The van der Waals surface area contributed by atoms with Crippen molar-refractivity contribution < 1.29 is 4.79 Å². The standard InChI is InChI=1S/C14H16N4O/c15-16-14(19)18-17-13(11-7-3-1-4-8-11)12-9-5-2-6-10-12/h1-10,13,17H,15H2,(H2,16,18,19). The zero-order chi connectivity index (χ0) is 13.5. The smallest absolute Gasteiger partial charge is 0.275 e. The number of hydrogen-bond donors (Lipinski definition) is 4. The van der Waals surface area contributed by atoms with Gasteiger partial charge >= 0.3 is 6.03 Å². The topological polar surface area (TPSA) is 79.2 Å². The van der Waals surface area contributed by atoms with E-state index in [2.05, 4.69) is 10.9 Å². The van der Waals surface area contributed by atoms with Crippen LogP contribution in [0.5, 0.6) is 0 Å². The van der Waals surface area contributed by atoms with Crippen molar-refractivity contribution in [1.29, 1.82) is 0 Å². The number of carbonyl (C=O) groups is 1. The summed E-state index contributed by atoms with van der Waals surface area (Å²) in [6, 6.07) is 19.1. The molecule has 2 rings (SSSR count). The Balaban J connectivity index is 2.21. The van der Waals surface area contributed by atoms with Crippen molar-refractivity contribution in [2.45, 2.75) is 6.04 Å².